The van der Waals surface area contributed by atoms with E-state index in [4.69, 9.17) is 5.73 Å². The Morgan fingerprint density at radius 1 is 1.31 bits per heavy atom. The molecule has 3 heterocycles. The number of halogens is 1. The molecule has 0 spiro atoms. The van der Waals surface area contributed by atoms with Crippen LogP contribution >= 0.6 is 0 Å². The summed E-state index contributed by atoms with van der Waals surface area (Å²) in [6.45, 7) is 1.70. The number of benzene rings is 1. The van der Waals surface area contributed by atoms with Gasteiger partial charge in [-0.1, -0.05) is 12.1 Å². The third kappa shape index (κ3) is 3.92. The highest BCUT2D eigenvalue weighted by molar-refractivity contribution is 5.78. The van der Waals surface area contributed by atoms with Crippen molar-refractivity contribution in [2.45, 2.75) is 13.0 Å². The molecule has 3 aromatic heterocycles. The summed E-state index contributed by atoms with van der Waals surface area (Å²) < 4.78 is 15.0. The molecule has 9 nitrogen and oxygen atoms in total. The van der Waals surface area contributed by atoms with E-state index >= 15 is 0 Å². The van der Waals surface area contributed by atoms with Gasteiger partial charge in [-0.2, -0.15) is 5.10 Å². The Balaban J connectivity index is 1.80. The van der Waals surface area contributed by atoms with Crippen LogP contribution in [0.15, 0.2) is 48.7 Å². The van der Waals surface area contributed by atoms with E-state index in [1.165, 1.54) is 12.1 Å². The zero-order valence-corrected chi connectivity index (χ0v) is 15.6. The summed E-state index contributed by atoms with van der Waals surface area (Å²) in [7, 11) is 0. The second kappa shape index (κ2) is 7.68. The number of carbonyl (C=O) groups excluding carboxylic acids is 1. The first-order valence-electron chi connectivity index (χ1n) is 8.92. The molecule has 1 amide bonds. The van der Waals surface area contributed by atoms with Crippen molar-refractivity contribution in [1.82, 2.24) is 30.1 Å². The number of fused-ring (bicyclic) bond motifs is 1. The van der Waals surface area contributed by atoms with Crippen molar-refractivity contribution >= 4 is 23.1 Å². The summed E-state index contributed by atoms with van der Waals surface area (Å²) in [6.07, 6.45) is 1.77. The summed E-state index contributed by atoms with van der Waals surface area (Å²) in [5.74, 6) is 0.667. The second-order valence-corrected chi connectivity index (χ2v) is 6.47. The van der Waals surface area contributed by atoms with Crippen LogP contribution in [-0.2, 0) is 4.79 Å². The van der Waals surface area contributed by atoms with E-state index in [0.29, 0.717) is 23.0 Å². The van der Waals surface area contributed by atoms with Gasteiger partial charge in [0.25, 0.3) is 0 Å². The van der Waals surface area contributed by atoms with E-state index in [1.54, 1.807) is 22.8 Å². The molecule has 0 saturated carbocycles. The molecule has 1 unspecified atom stereocenters. The number of hydrogen-bond acceptors (Lipinski definition) is 6. The first kappa shape index (κ1) is 18.6. The van der Waals surface area contributed by atoms with Gasteiger partial charge in [-0.05, 0) is 36.8 Å². The SMILES string of the molecule is Cc1cc(Nc2nc(C(NC(=O)CN)c3ccc(F)cc3)nn3cccc23)n[nH]1. The summed E-state index contributed by atoms with van der Waals surface area (Å²) in [5, 5.41) is 17.5. The number of amides is 1. The topological polar surface area (TPSA) is 126 Å². The fourth-order valence-electron chi connectivity index (χ4n) is 2.94. The molecule has 0 fully saturated rings. The van der Waals surface area contributed by atoms with Crippen molar-refractivity contribution in [1.29, 1.82) is 0 Å². The molecule has 0 aliphatic heterocycles. The number of anilines is 2. The molecule has 0 saturated heterocycles. The molecule has 0 aliphatic rings. The number of hydrogen-bond donors (Lipinski definition) is 4. The Labute approximate surface area is 165 Å². The minimum absolute atomic E-state index is 0.193. The fraction of sp³-hybridized carbons (Fsp3) is 0.158. The largest absolute Gasteiger partial charge is 0.341 e. The normalized spacial score (nSPS) is 12.1. The predicted molar refractivity (Wildman–Crippen MR) is 105 cm³/mol. The molecule has 10 heteroatoms. The molecule has 0 aliphatic carbocycles. The molecule has 0 bridgehead atoms. The number of aromatic amines is 1. The minimum atomic E-state index is -0.708. The van der Waals surface area contributed by atoms with Crippen LogP contribution in [0, 0.1) is 12.7 Å². The summed E-state index contributed by atoms with van der Waals surface area (Å²) in [5.41, 5.74) is 7.72. The maximum absolute atomic E-state index is 13.4. The van der Waals surface area contributed by atoms with Gasteiger partial charge < -0.3 is 16.4 Å². The fourth-order valence-corrected chi connectivity index (χ4v) is 2.94. The monoisotopic (exact) mass is 394 g/mol. The Morgan fingerprint density at radius 2 is 2.10 bits per heavy atom. The lowest BCUT2D eigenvalue weighted by Crippen LogP contribution is -2.35. The van der Waals surface area contributed by atoms with Crippen molar-refractivity contribution in [2.24, 2.45) is 5.73 Å². The van der Waals surface area contributed by atoms with Crippen molar-refractivity contribution in [3.63, 3.8) is 0 Å². The molecule has 0 radical (unpaired) electrons. The van der Waals surface area contributed by atoms with Crippen LogP contribution < -0.4 is 16.4 Å². The van der Waals surface area contributed by atoms with E-state index < -0.39 is 6.04 Å². The molecule has 29 heavy (non-hydrogen) atoms. The first-order chi connectivity index (χ1) is 14.0. The molecule has 148 valence electrons. The highest BCUT2D eigenvalue weighted by Gasteiger charge is 2.22. The van der Waals surface area contributed by atoms with E-state index in [9.17, 15) is 9.18 Å². The maximum atomic E-state index is 13.4. The lowest BCUT2D eigenvalue weighted by atomic mass is 10.1. The smallest absolute Gasteiger partial charge is 0.234 e. The molecule has 5 N–H and O–H groups in total. The average molecular weight is 394 g/mol. The van der Waals surface area contributed by atoms with Crippen molar-refractivity contribution in [2.75, 3.05) is 11.9 Å². The molecular weight excluding hydrogens is 375 g/mol. The molecule has 1 aromatic carbocycles. The lowest BCUT2D eigenvalue weighted by molar-refractivity contribution is -0.120. The molecule has 4 rings (SSSR count). The number of nitrogens with two attached hydrogens (primary N) is 1. The van der Waals surface area contributed by atoms with Gasteiger partial charge in [0.1, 0.15) is 17.4 Å². The minimum Gasteiger partial charge on any atom is -0.341 e. The van der Waals surface area contributed by atoms with E-state index in [0.717, 1.165) is 11.2 Å². The van der Waals surface area contributed by atoms with E-state index in [2.05, 4.69) is 30.9 Å². The Kier molecular flexibility index (Phi) is 4.92. The van der Waals surface area contributed by atoms with Crippen LogP contribution in [0.4, 0.5) is 16.0 Å². The number of carbonyl (C=O) groups is 1. The zero-order chi connectivity index (χ0) is 20.4. The van der Waals surface area contributed by atoms with Crippen LogP contribution in [0.3, 0.4) is 0 Å². The van der Waals surface area contributed by atoms with Gasteiger partial charge in [-0.3, -0.25) is 9.89 Å². The second-order valence-electron chi connectivity index (χ2n) is 6.47. The van der Waals surface area contributed by atoms with Gasteiger partial charge >= 0.3 is 0 Å². The van der Waals surface area contributed by atoms with Crippen molar-refractivity contribution < 1.29 is 9.18 Å². The number of rotatable bonds is 6. The number of aryl methyl sites for hydroxylation is 1. The van der Waals surface area contributed by atoms with Crippen LogP contribution in [0.2, 0.25) is 0 Å². The van der Waals surface area contributed by atoms with Crippen LogP contribution in [0.1, 0.15) is 23.1 Å². The predicted octanol–water partition coefficient (Wildman–Crippen LogP) is 1.81. The highest BCUT2D eigenvalue weighted by Crippen LogP contribution is 2.24. The van der Waals surface area contributed by atoms with Crippen LogP contribution in [0.5, 0.6) is 0 Å². The van der Waals surface area contributed by atoms with E-state index in [1.807, 2.05) is 25.1 Å². The molecular formula is C19H19FN8O. The van der Waals surface area contributed by atoms with Crippen molar-refractivity contribution in [3.05, 3.63) is 71.6 Å². The summed E-state index contributed by atoms with van der Waals surface area (Å²) in [4.78, 5) is 16.6. The van der Waals surface area contributed by atoms with Gasteiger partial charge in [-0.25, -0.2) is 13.9 Å². The Bertz CT molecular complexity index is 1150. The number of aromatic nitrogens is 5. The van der Waals surface area contributed by atoms with Gasteiger partial charge in [-0.15, -0.1) is 5.10 Å². The summed E-state index contributed by atoms with van der Waals surface area (Å²) >= 11 is 0. The average Bonchev–Trinajstić information content (AvgIpc) is 3.35. The number of H-pyrrole nitrogens is 1. The number of nitrogens with one attached hydrogen (secondary N) is 3. The zero-order valence-electron chi connectivity index (χ0n) is 15.6. The maximum Gasteiger partial charge on any atom is 0.234 e. The lowest BCUT2D eigenvalue weighted by Gasteiger charge is -2.19. The standard InChI is InChI=1S/C19H19FN8O/c1-11-9-15(26-25-11)22-18-14-3-2-8-28(14)27-19(24-18)17(23-16(29)10-21)12-4-6-13(20)7-5-12/h2-9,17H,10,21H2,1H3,(H,23,29)(H2,22,24,25,26,27). The third-order valence-electron chi connectivity index (χ3n) is 4.31. The highest BCUT2D eigenvalue weighted by atomic mass is 19.1. The Morgan fingerprint density at radius 3 is 2.79 bits per heavy atom. The molecule has 1 atom stereocenters. The quantitative estimate of drug-likeness (QED) is 0.395. The van der Waals surface area contributed by atoms with Gasteiger partial charge in [0.2, 0.25) is 5.91 Å². The third-order valence-corrected chi connectivity index (χ3v) is 4.31. The van der Waals surface area contributed by atoms with Crippen LogP contribution in [-0.4, -0.2) is 37.2 Å². The van der Waals surface area contributed by atoms with Gasteiger partial charge in [0.15, 0.2) is 17.5 Å². The summed E-state index contributed by atoms with van der Waals surface area (Å²) in [6, 6.07) is 10.6. The number of nitrogens with zero attached hydrogens (tertiary/aromatic N) is 4. The Hall–Kier alpha value is -3.79. The van der Waals surface area contributed by atoms with Gasteiger partial charge in [0.05, 0.1) is 6.54 Å². The van der Waals surface area contributed by atoms with Gasteiger partial charge in [0, 0.05) is 18.0 Å². The van der Waals surface area contributed by atoms with Crippen molar-refractivity contribution in [3.8, 4) is 0 Å². The molecule has 4 aromatic rings. The van der Waals surface area contributed by atoms with E-state index in [-0.39, 0.29) is 18.3 Å². The van der Waals surface area contributed by atoms with Crippen LogP contribution in [0.25, 0.3) is 5.52 Å². The first-order valence-corrected chi connectivity index (χ1v) is 8.92.